The Morgan fingerprint density at radius 3 is 2.76 bits per heavy atom. The van der Waals surface area contributed by atoms with Gasteiger partial charge in [0.25, 0.3) is 0 Å². The number of ether oxygens (including phenoxy) is 5. The van der Waals surface area contributed by atoms with E-state index in [-0.39, 0.29) is 13.2 Å². The van der Waals surface area contributed by atoms with Gasteiger partial charge in [0.15, 0.2) is 17.6 Å². The molecule has 1 aliphatic rings. The fraction of sp³-hybridized carbons (Fsp3) is 0.276. The minimum Gasteiger partial charge on any atom is -0.484 e. The molecule has 0 saturated heterocycles. The van der Waals surface area contributed by atoms with E-state index in [0.717, 1.165) is 42.9 Å². The van der Waals surface area contributed by atoms with Crippen LogP contribution in [-0.4, -0.2) is 59.1 Å². The van der Waals surface area contributed by atoms with Crippen molar-refractivity contribution in [1.82, 2.24) is 19.9 Å². The minimum absolute atomic E-state index is 0.0121. The maximum absolute atomic E-state index is 12.3. The number of benzene rings is 2. The molecule has 5 aromatic rings. The number of aryl methyl sites for hydroxylation is 2. The molecule has 0 aliphatic carbocycles. The molecular weight excluding hydrogens is 546 g/mol. The Labute approximate surface area is 239 Å². The molecule has 12 heteroatoms. The number of rotatable bonds is 7. The van der Waals surface area contributed by atoms with E-state index in [1.807, 2.05) is 32.9 Å². The number of methoxy groups -OCH3 is 1. The van der Waals surface area contributed by atoms with Gasteiger partial charge < -0.3 is 23.7 Å². The molecule has 210 valence electrons. The molecule has 0 saturated carbocycles. The van der Waals surface area contributed by atoms with Gasteiger partial charge in [0.05, 0.1) is 48.3 Å². The third kappa shape index (κ3) is 5.38. The monoisotopic (exact) mass is 573 g/mol. The van der Waals surface area contributed by atoms with Crippen molar-refractivity contribution in [3.05, 3.63) is 53.9 Å². The highest BCUT2D eigenvalue weighted by atomic mass is 32.1. The standard InChI is InChI=1S/C29H27N5O6S/c1-5-37-22-7-6-17(11-30-22)32-29(35)39-14-18-13-38-26-21(40-18)10-16(3)24-27(26)41-28(34-24)19-8-15(2)9-20-25(19)31-12-23(33-20)36-4/h6-12,18H,5,13-14H2,1-4H3,(H,32,35). The number of hydrogen-bond donors (Lipinski definition) is 1. The number of carbonyl (C=O) groups is 1. The lowest BCUT2D eigenvalue weighted by Gasteiger charge is -2.26. The summed E-state index contributed by atoms with van der Waals surface area (Å²) in [5.74, 6) is 2.15. The van der Waals surface area contributed by atoms with Gasteiger partial charge in [-0.2, -0.15) is 0 Å². The maximum atomic E-state index is 12.3. The maximum Gasteiger partial charge on any atom is 0.411 e. The first kappa shape index (κ1) is 26.5. The molecule has 0 fully saturated rings. The Balaban J connectivity index is 1.19. The van der Waals surface area contributed by atoms with Crippen LogP contribution in [0, 0.1) is 13.8 Å². The van der Waals surface area contributed by atoms with Crippen molar-refractivity contribution in [3.63, 3.8) is 0 Å². The van der Waals surface area contributed by atoms with Gasteiger partial charge in [0, 0.05) is 11.6 Å². The smallest absolute Gasteiger partial charge is 0.411 e. The summed E-state index contributed by atoms with van der Waals surface area (Å²) < 4.78 is 29.2. The van der Waals surface area contributed by atoms with Gasteiger partial charge in [-0.3, -0.25) is 5.32 Å². The van der Waals surface area contributed by atoms with Gasteiger partial charge in [-0.25, -0.2) is 24.7 Å². The van der Waals surface area contributed by atoms with E-state index in [4.69, 9.17) is 28.7 Å². The Kier molecular flexibility index (Phi) is 7.14. The Bertz CT molecular complexity index is 1760. The number of amides is 1. The summed E-state index contributed by atoms with van der Waals surface area (Å²) in [6.07, 6.45) is 2.02. The molecule has 1 N–H and O–H groups in total. The van der Waals surface area contributed by atoms with Crippen molar-refractivity contribution in [2.24, 2.45) is 0 Å². The van der Waals surface area contributed by atoms with Crippen molar-refractivity contribution in [3.8, 4) is 33.8 Å². The fourth-order valence-electron chi connectivity index (χ4n) is 4.51. The predicted molar refractivity (Wildman–Crippen MR) is 154 cm³/mol. The van der Waals surface area contributed by atoms with Gasteiger partial charge in [-0.05, 0) is 56.2 Å². The highest BCUT2D eigenvalue weighted by Crippen LogP contribution is 2.46. The Morgan fingerprint density at radius 1 is 1.10 bits per heavy atom. The summed E-state index contributed by atoms with van der Waals surface area (Å²) >= 11 is 1.51. The fourth-order valence-corrected chi connectivity index (χ4v) is 5.67. The molecule has 1 unspecified atom stereocenters. The molecule has 1 aliphatic heterocycles. The summed E-state index contributed by atoms with van der Waals surface area (Å²) in [6, 6.07) is 9.30. The van der Waals surface area contributed by atoms with Crippen LogP contribution >= 0.6 is 11.3 Å². The van der Waals surface area contributed by atoms with E-state index >= 15 is 0 Å². The highest BCUT2D eigenvalue weighted by molar-refractivity contribution is 7.22. The van der Waals surface area contributed by atoms with E-state index in [0.29, 0.717) is 35.6 Å². The lowest BCUT2D eigenvalue weighted by atomic mass is 10.1. The van der Waals surface area contributed by atoms with Gasteiger partial charge in [0.2, 0.25) is 11.8 Å². The number of nitrogens with zero attached hydrogens (tertiary/aromatic N) is 4. The molecule has 4 heterocycles. The normalized spacial score (nSPS) is 14.2. The molecule has 2 aromatic carbocycles. The summed E-state index contributed by atoms with van der Waals surface area (Å²) in [6.45, 7) is 6.61. The molecule has 3 aromatic heterocycles. The quantitative estimate of drug-likeness (QED) is 0.258. The van der Waals surface area contributed by atoms with Crippen LogP contribution in [0.1, 0.15) is 18.1 Å². The number of thiazole rings is 1. The summed E-state index contributed by atoms with van der Waals surface area (Å²) in [7, 11) is 1.57. The van der Waals surface area contributed by atoms with Crippen molar-refractivity contribution in [2.45, 2.75) is 26.9 Å². The highest BCUT2D eigenvalue weighted by Gasteiger charge is 2.27. The van der Waals surface area contributed by atoms with Crippen LogP contribution in [0.25, 0.3) is 31.8 Å². The zero-order valence-corrected chi connectivity index (χ0v) is 23.7. The molecule has 1 amide bonds. The van der Waals surface area contributed by atoms with Crippen molar-refractivity contribution < 1.29 is 28.5 Å². The van der Waals surface area contributed by atoms with E-state index in [1.54, 1.807) is 25.4 Å². The van der Waals surface area contributed by atoms with Crippen LogP contribution in [-0.2, 0) is 4.74 Å². The Morgan fingerprint density at radius 2 is 1.98 bits per heavy atom. The molecule has 11 nitrogen and oxygen atoms in total. The second-order valence-electron chi connectivity index (χ2n) is 9.40. The lowest BCUT2D eigenvalue weighted by molar-refractivity contribution is 0.0383. The molecular formula is C29H27N5O6S. The average Bonchev–Trinajstić information content (AvgIpc) is 3.43. The molecule has 41 heavy (non-hydrogen) atoms. The predicted octanol–water partition coefficient (Wildman–Crippen LogP) is 5.71. The molecule has 0 radical (unpaired) electrons. The van der Waals surface area contributed by atoms with E-state index in [2.05, 4.69) is 26.3 Å². The van der Waals surface area contributed by atoms with Crippen LogP contribution in [0.4, 0.5) is 10.5 Å². The topological polar surface area (TPSA) is 127 Å². The average molecular weight is 574 g/mol. The molecule has 0 spiro atoms. The number of aromatic nitrogens is 4. The first-order valence-electron chi connectivity index (χ1n) is 13.0. The van der Waals surface area contributed by atoms with Gasteiger partial charge in [0.1, 0.15) is 22.9 Å². The molecule has 6 rings (SSSR count). The van der Waals surface area contributed by atoms with Crippen LogP contribution in [0.2, 0.25) is 0 Å². The molecule has 0 bridgehead atoms. The second-order valence-corrected chi connectivity index (χ2v) is 10.4. The lowest BCUT2D eigenvalue weighted by Crippen LogP contribution is -2.35. The number of hydrogen-bond acceptors (Lipinski definition) is 11. The van der Waals surface area contributed by atoms with Crippen molar-refractivity contribution >= 4 is 44.4 Å². The number of anilines is 1. The summed E-state index contributed by atoms with van der Waals surface area (Å²) in [5, 5.41) is 3.45. The summed E-state index contributed by atoms with van der Waals surface area (Å²) in [5.41, 5.74) is 5.69. The first-order valence-corrected chi connectivity index (χ1v) is 13.8. The third-order valence-corrected chi connectivity index (χ3v) is 7.46. The van der Waals surface area contributed by atoms with Crippen LogP contribution < -0.4 is 24.3 Å². The third-order valence-electron chi connectivity index (χ3n) is 6.37. The second kappa shape index (κ2) is 11.0. The van der Waals surface area contributed by atoms with Crippen molar-refractivity contribution in [2.75, 3.05) is 32.2 Å². The van der Waals surface area contributed by atoms with E-state index in [9.17, 15) is 4.79 Å². The minimum atomic E-state index is -0.616. The zero-order valence-electron chi connectivity index (χ0n) is 22.9. The van der Waals surface area contributed by atoms with Gasteiger partial charge in [-0.15, -0.1) is 11.3 Å². The number of nitrogens with one attached hydrogen (secondary N) is 1. The van der Waals surface area contributed by atoms with Crippen molar-refractivity contribution in [1.29, 1.82) is 0 Å². The zero-order chi connectivity index (χ0) is 28.5. The van der Waals surface area contributed by atoms with E-state index in [1.165, 1.54) is 17.5 Å². The van der Waals surface area contributed by atoms with Crippen LogP contribution in [0.5, 0.6) is 23.3 Å². The molecule has 1 atom stereocenters. The van der Waals surface area contributed by atoms with Crippen LogP contribution in [0.15, 0.2) is 42.7 Å². The number of carbonyl (C=O) groups excluding carboxylic acids is 1. The van der Waals surface area contributed by atoms with Gasteiger partial charge in [-0.1, -0.05) is 0 Å². The van der Waals surface area contributed by atoms with Crippen LogP contribution in [0.3, 0.4) is 0 Å². The largest absolute Gasteiger partial charge is 0.484 e. The Hall–Kier alpha value is -4.71. The summed E-state index contributed by atoms with van der Waals surface area (Å²) in [4.78, 5) is 30.5. The number of pyridine rings is 1. The van der Waals surface area contributed by atoms with Gasteiger partial charge >= 0.3 is 6.09 Å². The first-order chi connectivity index (χ1) is 19.9. The van der Waals surface area contributed by atoms with E-state index < -0.39 is 12.2 Å². The number of fused-ring (bicyclic) bond motifs is 4. The SMILES string of the molecule is CCOc1ccc(NC(=O)OCC2COc3c(cc(C)c4nc(-c5cc(C)cc6nc(OC)cnc56)sc34)O2)cn1.